The van der Waals surface area contributed by atoms with Crippen molar-refractivity contribution < 1.29 is 9.47 Å². The van der Waals surface area contributed by atoms with E-state index in [-0.39, 0.29) is 5.43 Å². The first-order chi connectivity index (χ1) is 13.6. The van der Waals surface area contributed by atoms with Crippen LogP contribution in [-0.2, 0) is 0 Å². The van der Waals surface area contributed by atoms with Crippen LogP contribution in [0.15, 0.2) is 35.1 Å². The number of aromatic nitrogens is 1. The molecule has 0 saturated heterocycles. The van der Waals surface area contributed by atoms with E-state index in [1.54, 1.807) is 25.3 Å². The van der Waals surface area contributed by atoms with Crippen molar-refractivity contribution in [3.05, 3.63) is 45.6 Å². The van der Waals surface area contributed by atoms with E-state index in [2.05, 4.69) is 23.7 Å². The van der Waals surface area contributed by atoms with Crippen LogP contribution in [-0.4, -0.2) is 43.2 Å². The number of hydrogen-bond donors (Lipinski definition) is 1. The number of halogens is 1. The first-order valence-electron chi connectivity index (χ1n) is 9.75. The van der Waals surface area contributed by atoms with Gasteiger partial charge < -0.3 is 14.5 Å². The normalized spacial score (nSPS) is 11.5. The number of nitrogens with zero attached hydrogens (tertiary/aromatic N) is 1. The second-order valence-electron chi connectivity index (χ2n) is 6.88. The highest BCUT2D eigenvalue weighted by Crippen LogP contribution is 2.28. The van der Waals surface area contributed by atoms with Gasteiger partial charge in [-0.25, -0.2) is 0 Å². The zero-order valence-electron chi connectivity index (χ0n) is 16.7. The third-order valence-electron chi connectivity index (χ3n) is 4.79. The molecule has 0 spiro atoms. The minimum Gasteiger partial charge on any atom is -0.497 e. The Kier molecular flexibility index (Phi) is 6.81. The molecule has 1 heterocycles. The van der Waals surface area contributed by atoms with Gasteiger partial charge in [-0.05, 0) is 44.1 Å². The van der Waals surface area contributed by atoms with E-state index in [0.717, 1.165) is 43.7 Å². The summed E-state index contributed by atoms with van der Waals surface area (Å²) in [5, 5.41) is 1.44. The lowest BCUT2D eigenvalue weighted by Gasteiger charge is -2.20. The maximum absolute atomic E-state index is 12.9. The largest absolute Gasteiger partial charge is 0.497 e. The SMILES string of the molecule is CCCN(CCC)CCOc1ccc2c(=O)c3c(Cl)cc(OC)cc3[nH]c2c1. The van der Waals surface area contributed by atoms with Gasteiger partial charge in [0.05, 0.1) is 28.6 Å². The molecule has 150 valence electrons. The molecule has 3 rings (SSSR count). The van der Waals surface area contributed by atoms with Crippen LogP contribution in [0.5, 0.6) is 11.5 Å². The molecule has 0 atom stereocenters. The second-order valence-corrected chi connectivity index (χ2v) is 7.29. The van der Waals surface area contributed by atoms with Gasteiger partial charge in [0, 0.05) is 24.1 Å². The smallest absolute Gasteiger partial charge is 0.198 e. The monoisotopic (exact) mass is 402 g/mol. The van der Waals surface area contributed by atoms with Crippen molar-refractivity contribution in [2.24, 2.45) is 0 Å². The Labute approximate surface area is 170 Å². The molecule has 0 fully saturated rings. The molecule has 0 saturated carbocycles. The standard InChI is InChI=1S/C22H27ClN2O3/c1-4-8-25(9-5-2)10-11-28-15-6-7-17-19(13-15)24-20-14-16(27-3)12-18(23)21(20)22(17)26/h6-7,12-14H,4-5,8-11H2,1-3H3,(H,24,26). The molecule has 0 aliphatic heterocycles. The maximum Gasteiger partial charge on any atom is 0.198 e. The van der Waals surface area contributed by atoms with E-state index >= 15 is 0 Å². The van der Waals surface area contributed by atoms with Crippen LogP contribution in [0, 0.1) is 0 Å². The lowest BCUT2D eigenvalue weighted by atomic mass is 10.1. The van der Waals surface area contributed by atoms with Crippen LogP contribution >= 0.6 is 11.6 Å². The molecule has 0 radical (unpaired) electrons. The lowest BCUT2D eigenvalue weighted by Crippen LogP contribution is -2.30. The number of aromatic amines is 1. The van der Waals surface area contributed by atoms with E-state index in [9.17, 15) is 4.79 Å². The van der Waals surface area contributed by atoms with Gasteiger partial charge in [0.1, 0.15) is 18.1 Å². The van der Waals surface area contributed by atoms with Crippen molar-refractivity contribution in [3.63, 3.8) is 0 Å². The van der Waals surface area contributed by atoms with Crippen molar-refractivity contribution in [1.29, 1.82) is 0 Å². The minimum absolute atomic E-state index is 0.0972. The molecule has 0 amide bonds. The average molecular weight is 403 g/mol. The molecule has 1 aromatic heterocycles. The zero-order chi connectivity index (χ0) is 20.1. The number of nitrogens with one attached hydrogen (secondary N) is 1. The van der Waals surface area contributed by atoms with Crippen LogP contribution in [0.2, 0.25) is 5.02 Å². The fourth-order valence-electron chi connectivity index (χ4n) is 3.48. The summed E-state index contributed by atoms with van der Waals surface area (Å²) in [4.78, 5) is 18.6. The number of methoxy groups -OCH3 is 1. The summed E-state index contributed by atoms with van der Waals surface area (Å²) in [6, 6.07) is 8.93. The Hall–Kier alpha value is -2.24. The van der Waals surface area contributed by atoms with Gasteiger partial charge in [-0.2, -0.15) is 0 Å². The first-order valence-corrected chi connectivity index (χ1v) is 10.1. The second kappa shape index (κ2) is 9.30. The average Bonchev–Trinajstić information content (AvgIpc) is 2.67. The van der Waals surface area contributed by atoms with Crippen molar-refractivity contribution in [3.8, 4) is 11.5 Å². The number of fused-ring (bicyclic) bond motifs is 2. The summed E-state index contributed by atoms with van der Waals surface area (Å²) >= 11 is 6.30. The molecule has 1 N–H and O–H groups in total. The van der Waals surface area contributed by atoms with Crippen molar-refractivity contribution in [2.75, 3.05) is 33.4 Å². The Balaban J connectivity index is 1.86. The van der Waals surface area contributed by atoms with E-state index in [4.69, 9.17) is 21.1 Å². The van der Waals surface area contributed by atoms with E-state index in [1.807, 2.05) is 12.1 Å². The van der Waals surface area contributed by atoms with Gasteiger partial charge in [0.25, 0.3) is 0 Å². The molecule has 28 heavy (non-hydrogen) atoms. The highest BCUT2D eigenvalue weighted by Gasteiger charge is 2.12. The van der Waals surface area contributed by atoms with Crippen LogP contribution in [0.25, 0.3) is 21.8 Å². The predicted octanol–water partition coefficient (Wildman–Crippen LogP) is 4.84. The van der Waals surface area contributed by atoms with Crippen LogP contribution in [0.3, 0.4) is 0 Å². The van der Waals surface area contributed by atoms with Gasteiger partial charge in [0.15, 0.2) is 5.43 Å². The van der Waals surface area contributed by atoms with Crippen molar-refractivity contribution in [1.82, 2.24) is 9.88 Å². The van der Waals surface area contributed by atoms with Gasteiger partial charge in [-0.15, -0.1) is 0 Å². The zero-order valence-corrected chi connectivity index (χ0v) is 17.4. The molecule has 0 unspecified atom stereocenters. The molecule has 6 heteroatoms. The first kappa shape index (κ1) is 20.5. The van der Waals surface area contributed by atoms with Gasteiger partial charge in [-0.3, -0.25) is 9.69 Å². The fourth-order valence-corrected chi connectivity index (χ4v) is 3.78. The van der Waals surface area contributed by atoms with Crippen LogP contribution in [0.4, 0.5) is 0 Å². The molecular formula is C22H27ClN2O3. The van der Waals surface area contributed by atoms with Crippen molar-refractivity contribution in [2.45, 2.75) is 26.7 Å². The summed E-state index contributed by atoms with van der Waals surface area (Å²) in [7, 11) is 1.57. The number of ether oxygens (including phenoxy) is 2. The van der Waals surface area contributed by atoms with Gasteiger partial charge >= 0.3 is 0 Å². The summed E-state index contributed by atoms with van der Waals surface area (Å²) in [6.45, 7) is 8.04. The molecule has 2 aromatic carbocycles. The summed E-state index contributed by atoms with van der Waals surface area (Å²) in [6.07, 6.45) is 2.27. The highest BCUT2D eigenvalue weighted by molar-refractivity contribution is 6.35. The fraction of sp³-hybridized carbons (Fsp3) is 0.409. The molecule has 3 aromatic rings. The molecule has 0 bridgehead atoms. The third kappa shape index (κ3) is 4.42. The van der Waals surface area contributed by atoms with Gasteiger partial charge in [-0.1, -0.05) is 25.4 Å². The Bertz CT molecular complexity index is 1010. The number of benzene rings is 2. The lowest BCUT2D eigenvalue weighted by molar-refractivity contribution is 0.209. The minimum atomic E-state index is -0.0972. The molecule has 5 nitrogen and oxygen atoms in total. The topological polar surface area (TPSA) is 54.6 Å². The van der Waals surface area contributed by atoms with E-state index < -0.39 is 0 Å². The molecular weight excluding hydrogens is 376 g/mol. The Morgan fingerprint density at radius 3 is 2.39 bits per heavy atom. The van der Waals surface area contributed by atoms with Crippen molar-refractivity contribution >= 4 is 33.4 Å². The summed E-state index contributed by atoms with van der Waals surface area (Å²) < 4.78 is 11.2. The van der Waals surface area contributed by atoms with Crippen LogP contribution < -0.4 is 14.9 Å². The Morgan fingerprint density at radius 2 is 1.71 bits per heavy atom. The predicted molar refractivity (Wildman–Crippen MR) is 116 cm³/mol. The summed E-state index contributed by atoms with van der Waals surface area (Å²) in [5.41, 5.74) is 1.27. The van der Waals surface area contributed by atoms with E-state index in [1.165, 1.54) is 0 Å². The maximum atomic E-state index is 12.9. The molecule has 0 aliphatic carbocycles. The quantitative estimate of drug-likeness (QED) is 0.520. The number of hydrogen-bond acceptors (Lipinski definition) is 4. The molecule has 0 aliphatic rings. The van der Waals surface area contributed by atoms with E-state index in [0.29, 0.717) is 33.7 Å². The number of H-pyrrole nitrogens is 1. The Morgan fingerprint density at radius 1 is 1.00 bits per heavy atom. The van der Waals surface area contributed by atoms with Crippen LogP contribution in [0.1, 0.15) is 26.7 Å². The summed E-state index contributed by atoms with van der Waals surface area (Å²) in [5.74, 6) is 1.34. The number of pyridine rings is 1. The third-order valence-corrected chi connectivity index (χ3v) is 5.09. The van der Waals surface area contributed by atoms with Gasteiger partial charge in [0.2, 0.25) is 0 Å². The highest BCUT2D eigenvalue weighted by atomic mass is 35.5. The number of rotatable bonds is 9.